The number of carboxylic acid groups (broad SMARTS) is 1. The van der Waals surface area contributed by atoms with Crippen molar-refractivity contribution >= 4 is 17.6 Å². The lowest BCUT2D eigenvalue weighted by molar-refractivity contribution is -0.217. The van der Waals surface area contributed by atoms with Gasteiger partial charge in [0.1, 0.15) is 5.60 Å². The molecule has 1 heterocycles. The number of hydrogen-bond donors (Lipinski definition) is 2. The van der Waals surface area contributed by atoms with Crippen LogP contribution in [0, 0.1) is 51.2 Å². The van der Waals surface area contributed by atoms with Gasteiger partial charge in [0.2, 0.25) is 0 Å². The zero-order valence-corrected chi connectivity index (χ0v) is 36.8. The lowest BCUT2D eigenvalue weighted by Crippen LogP contribution is -2.67. The zero-order valence-electron chi connectivity index (χ0n) is 36.8. The minimum absolute atomic E-state index is 0.0338. The van der Waals surface area contributed by atoms with Gasteiger partial charge in [0.25, 0.3) is 0 Å². The summed E-state index contributed by atoms with van der Waals surface area (Å²) in [5.41, 5.74) is 3.74. The van der Waals surface area contributed by atoms with E-state index in [4.69, 9.17) is 4.74 Å². The third kappa shape index (κ3) is 7.85. The van der Waals surface area contributed by atoms with Gasteiger partial charge in [0.05, 0.1) is 5.56 Å². The molecule has 1 aromatic rings. The molecule has 6 heteroatoms. The standard InChI is InChI=1S/C44H66N2O4.C3H6.C2H6/c1-39(2,3)50-38(49)46-26-10-11-29(28-46)27-45-44-21-9-12-34(44)33-17-18-36-41(6)22-19-32(30-13-15-31(16-14-30)37(47)48)40(4,5)35(41)20-23-43(36,8)42(33,7)24-25-44;1-3-2;1-2/h13-16,19,29,33-36,45H,9-12,17-18,20-28H2,1-8H3,(H,47,48);3H,1H2,2H3;1-2H3/t29?,33?,34?,35?,36?,41?,42-,43?,44?;;/m1../s1. The molecule has 6 aliphatic rings. The number of rotatable bonds is 5. The molecular weight excluding hydrogens is 681 g/mol. The average Bonchev–Trinajstić information content (AvgIpc) is 3.56. The second kappa shape index (κ2) is 16.3. The number of benzene rings is 1. The number of likely N-dealkylation sites (tertiary alicyclic amines) is 1. The topological polar surface area (TPSA) is 78.9 Å². The Bertz CT molecular complexity index is 1560. The maximum absolute atomic E-state index is 12.9. The summed E-state index contributed by atoms with van der Waals surface area (Å²) >= 11 is 0. The maximum atomic E-state index is 12.9. The summed E-state index contributed by atoms with van der Waals surface area (Å²) in [6.07, 6.45) is 19.4. The Morgan fingerprint density at radius 1 is 0.891 bits per heavy atom. The zero-order chi connectivity index (χ0) is 40.6. The average molecular weight is 759 g/mol. The van der Waals surface area contributed by atoms with E-state index in [1.54, 1.807) is 18.2 Å². The van der Waals surface area contributed by atoms with E-state index in [0.29, 0.717) is 34.1 Å². The number of piperidine rings is 1. The van der Waals surface area contributed by atoms with E-state index >= 15 is 0 Å². The number of hydrogen-bond acceptors (Lipinski definition) is 4. The van der Waals surface area contributed by atoms with Gasteiger partial charge < -0.3 is 20.1 Å². The Morgan fingerprint density at radius 3 is 2.20 bits per heavy atom. The van der Waals surface area contributed by atoms with Crippen molar-refractivity contribution in [2.45, 2.75) is 164 Å². The van der Waals surface area contributed by atoms with Crippen molar-refractivity contribution in [3.63, 3.8) is 0 Å². The SMILES string of the molecule is C=CC.CC.CC(C)(C)OC(=O)N1CCCC(CNC23CCCC2C2CCC4C5(C)CC=C(c6ccc(C(=O)O)cc6)C(C)(C)C5CCC4(C)[C@]2(C)CC3)C1. The summed E-state index contributed by atoms with van der Waals surface area (Å²) in [5.74, 6) is 2.47. The number of carbonyl (C=O) groups is 2. The molecule has 1 aliphatic heterocycles. The molecule has 55 heavy (non-hydrogen) atoms. The summed E-state index contributed by atoms with van der Waals surface area (Å²) in [5, 5.41) is 13.8. The van der Waals surface area contributed by atoms with Crippen LogP contribution in [0.5, 0.6) is 0 Å². The van der Waals surface area contributed by atoms with E-state index in [2.05, 4.69) is 52.6 Å². The molecule has 8 unspecified atom stereocenters. The number of allylic oxidation sites excluding steroid dienone is 3. The van der Waals surface area contributed by atoms with Crippen molar-refractivity contribution in [2.75, 3.05) is 19.6 Å². The highest BCUT2D eigenvalue weighted by molar-refractivity contribution is 5.88. The summed E-state index contributed by atoms with van der Waals surface area (Å²) in [6.45, 7) is 30.8. The molecule has 5 aliphatic carbocycles. The van der Waals surface area contributed by atoms with Gasteiger partial charge in [-0.05, 0) is 173 Å². The Hall–Kier alpha value is -2.60. The Morgan fingerprint density at radius 2 is 1.56 bits per heavy atom. The second-order valence-corrected chi connectivity index (χ2v) is 20.5. The van der Waals surface area contributed by atoms with Crippen LogP contribution in [-0.2, 0) is 4.74 Å². The van der Waals surface area contributed by atoms with Gasteiger partial charge in [0, 0.05) is 25.2 Å². The smallest absolute Gasteiger partial charge is 0.410 e. The number of carboxylic acids is 1. The Labute approximate surface area is 335 Å². The molecule has 0 radical (unpaired) electrons. The highest BCUT2D eigenvalue weighted by atomic mass is 16.6. The summed E-state index contributed by atoms with van der Waals surface area (Å²) in [4.78, 5) is 26.4. The number of amides is 1. The predicted molar refractivity (Wildman–Crippen MR) is 228 cm³/mol. The van der Waals surface area contributed by atoms with Gasteiger partial charge in [0.15, 0.2) is 0 Å². The first kappa shape index (κ1) is 43.5. The molecule has 0 aromatic heterocycles. The van der Waals surface area contributed by atoms with Crippen molar-refractivity contribution in [1.29, 1.82) is 0 Å². The van der Waals surface area contributed by atoms with E-state index in [-0.39, 0.29) is 22.5 Å². The molecular formula is C49H78N2O4. The molecule has 308 valence electrons. The van der Waals surface area contributed by atoms with Gasteiger partial charge >= 0.3 is 12.1 Å². The summed E-state index contributed by atoms with van der Waals surface area (Å²) in [6, 6.07) is 7.62. The van der Waals surface area contributed by atoms with Gasteiger partial charge in [-0.25, -0.2) is 9.59 Å². The normalized spacial score (nSPS) is 37.5. The van der Waals surface area contributed by atoms with Crippen LogP contribution in [0.2, 0.25) is 0 Å². The fourth-order valence-electron chi connectivity index (χ4n) is 13.8. The molecule has 4 saturated carbocycles. The lowest BCUT2D eigenvalue weighted by Gasteiger charge is -2.72. The first-order valence-electron chi connectivity index (χ1n) is 22.2. The Kier molecular flexibility index (Phi) is 12.9. The van der Waals surface area contributed by atoms with Crippen LogP contribution in [0.4, 0.5) is 4.79 Å². The minimum atomic E-state index is -0.860. The fourth-order valence-corrected chi connectivity index (χ4v) is 13.8. The molecule has 1 saturated heterocycles. The number of fused-ring (bicyclic) bond motifs is 7. The molecule has 5 fully saturated rings. The largest absolute Gasteiger partial charge is 0.478 e. The molecule has 0 bridgehead atoms. The van der Waals surface area contributed by atoms with Gasteiger partial charge in [-0.15, -0.1) is 6.58 Å². The number of nitrogens with one attached hydrogen (secondary N) is 1. The van der Waals surface area contributed by atoms with Crippen molar-refractivity contribution in [3.05, 3.63) is 54.1 Å². The van der Waals surface area contributed by atoms with Crippen LogP contribution in [0.1, 0.15) is 169 Å². The molecule has 2 N–H and O–H groups in total. The predicted octanol–water partition coefficient (Wildman–Crippen LogP) is 12.4. The van der Waals surface area contributed by atoms with Crippen molar-refractivity contribution < 1.29 is 19.4 Å². The van der Waals surface area contributed by atoms with Crippen LogP contribution in [0.3, 0.4) is 0 Å². The lowest BCUT2D eigenvalue weighted by atomic mass is 9.33. The highest BCUT2D eigenvalue weighted by Crippen LogP contribution is 2.76. The fraction of sp³-hybridized carbons (Fsp3) is 0.755. The minimum Gasteiger partial charge on any atom is -0.478 e. The van der Waals surface area contributed by atoms with Crippen molar-refractivity contribution in [2.24, 2.45) is 51.2 Å². The summed E-state index contributed by atoms with van der Waals surface area (Å²) < 4.78 is 5.74. The van der Waals surface area contributed by atoms with Crippen LogP contribution in [0.15, 0.2) is 43.0 Å². The molecule has 0 spiro atoms. The molecule has 1 amide bonds. The van der Waals surface area contributed by atoms with Crippen LogP contribution in [-0.4, -0.2) is 52.8 Å². The van der Waals surface area contributed by atoms with Crippen LogP contribution in [0.25, 0.3) is 5.57 Å². The van der Waals surface area contributed by atoms with Crippen LogP contribution < -0.4 is 5.32 Å². The molecule has 9 atom stereocenters. The molecule has 7 rings (SSSR count). The number of ether oxygens (including phenoxy) is 1. The first-order valence-corrected chi connectivity index (χ1v) is 22.2. The first-order chi connectivity index (χ1) is 25.8. The second-order valence-electron chi connectivity index (χ2n) is 20.5. The monoisotopic (exact) mass is 759 g/mol. The third-order valence-electron chi connectivity index (χ3n) is 16.3. The Balaban J connectivity index is 0.00000111. The number of nitrogens with zero attached hydrogens (tertiary/aromatic N) is 1. The van der Waals surface area contributed by atoms with E-state index in [9.17, 15) is 14.7 Å². The molecule has 6 nitrogen and oxygen atoms in total. The van der Waals surface area contributed by atoms with Crippen molar-refractivity contribution in [1.82, 2.24) is 10.2 Å². The van der Waals surface area contributed by atoms with E-state index in [1.165, 1.54) is 75.3 Å². The van der Waals surface area contributed by atoms with Crippen LogP contribution >= 0.6 is 0 Å². The maximum Gasteiger partial charge on any atom is 0.410 e. The van der Waals surface area contributed by atoms with Crippen molar-refractivity contribution in [3.8, 4) is 0 Å². The number of carbonyl (C=O) groups excluding carboxylic acids is 1. The van der Waals surface area contributed by atoms with E-state index < -0.39 is 11.6 Å². The highest BCUT2D eigenvalue weighted by Gasteiger charge is 2.69. The molecule has 1 aromatic carbocycles. The van der Waals surface area contributed by atoms with E-state index in [0.717, 1.165) is 44.3 Å². The number of aromatic carboxylic acids is 1. The third-order valence-corrected chi connectivity index (χ3v) is 16.3. The van der Waals surface area contributed by atoms with Gasteiger partial charge in [-0.3, -0.25) is 0 Å². The quantitative estimate of drug-likeness (QED) is 0.292. The van der Waals surface area contributed by atoms with Gasteiger partial charge in [-0.1, -0.05) is 79.2 Å². The van der Waals surface area contributed by atoms with Gasteiger partial charge in [-0.2, -0.15) is 0 Å². The summed E-state index contributed by atoms with van der Waals surface area (Å²) in [7, 11) is 0. The van der Waals surface area contributed by atoms with E-state index in [1.807, 2.05) is 58.6 Å².